The molecule has 2 heterocycles. The van der Waals surface area contributed by atoms with Crippen LogP contribution in [0.3, 0.4) is 0 Å². The summed E-state index contributed by atoms with van der Waals surface area (Å²) in [5.74, 6) is 0.00645. The number of hydrogen-bond donors (Lipinski definition) is 0. The molecule has 0 aliphatic carbocycles. The Bertz CT molecular complexity index is 1380. The number of benzene rings is 2. The molecule has 38 heavy (non-hydrogen) atoms. The summed E-state index contributed by atoms with van der Waals surface area (Å²) in [7, 11) is 1.39. The molecule has 3 aromatic rings. The molecule has 0 spiro atoms. The van der Waals surface area contributed by atoms with Gasteiger partial charge < -0.3 is 19.1 Å². The van der Waals surface area contributed by atoms with Crippen LogP contribution in [0.1, 0.15) is 43.9 Å². The van der Waals surface area contributed by atoms with E-state index in [0.717, 1.165) is 28.7 Å². The molecule has 7 nitrogen and oxygen atoms in total. The molecule has 0 atom stereocenters. The van der Waals surface area contributed by atoms with E-state index >= 15 is 0 Å². The van der Waals surface area contributed by atoms with Gasteiger partial charge in [-0.25, -0.2) is 4.79 Å². The van der Waals surface area contributed by atoms with E-state index in [1.54, 1.807) is 17.9 Å². The Morgan fingerprint density at radius 2 is 1.87 bits per heavy atom. The maximum Gasteiger partial charge on any atom is 0.416 e. The highest BCUT2D eigenvalue weighted by atomic mass is 19.4. The minimum absolute atomic E-state index is 0.00645. The minimum atomic E-state index is -4.53. The Hall–Kier alpha value is -3.66. The molecular formula is C28H30F3N3O4. The fourth-order valence-corrected chi connectivity index (χ4v) is 4.36. The largest absolute Gasteiger partial charge is 0.467 e. The second-order valence-electron chi connectivity index (χ2n) is 10.1. The summed E-state index contributed by atoms with van der Waals surface area (Å²) in [6.07, 6.45) is -2.17. The second-order valence-corrected chi connectivity index (χ2v) is 10.1. The van der Waals surface area contributed by atoms with Crippen molar-refractivity contribution in [2.24, 2.45) is 0 Å². The monoisotopic (exact) mass is 529 g/mol. The van der Waals surface area contributed by atoms with Crippen LogP contribution in [0.25, 0.3) is 27.7 Å². The lowest BCUT2D eigenvalue weighted by atomic mass is 9.97. The highest BCUT2D eigenvalue weighted by Crippen LogP contribution is 2.40. The van der Waals surface area contributed by atoms with E-state index in [1.165, 1.54) is 7.11 Å². The molecule has 10 heteroatoms. The van der Waals surface area contributed by atoms with Crippen molar-refractivity contribution in [3.8, 4) is 17.0 Å². The number of methoxy groups -OCH3 is 1. The average molecular weight is 530 g/mol. The summed E-state index contributed by atoms with van der Waals surface area (Å²) < 4.78 is 56.3. The van der Waals surface area contributed by atoms with Crippen LogP contribution in [0.5, 0.6) is 5.75 Å². The molecule has 202 valence electrons. The summed E-state index contributed by atoms with van der Waals surface area (Å²) >= 11 is 0. The van der Waals surface area contributed by atoms with E-state index in [2.05, 4.69) is 16.3 Å². The molecule has 0 saturated heterocycles. The highest BCUT2D eigenvalue weighted by Gasteiger charge is 2.33. The molecule has 0 unspecified atom stereocenters. The number of carbonyl (C=O) groups excluding carboxylic acids is 1. The topological polar surface area (TPSA) is 73.8 Å². The first-order valence-corrected chi connectivity index (χ1v) is 12.1. The van der Waals surface area contributed by atoms with Gasteiger partial charge in [0.2, 0.25) is 0 Å². The first-order valence-electron chi connectivity index (χ1n) is 12.1. The molecule has 1 amide bonds. The van der Waals surface area contributed by atoms with Gasteiger partial charge in [0.25, 0.3) is 0 Å². The maximum atomic E-state index is 13.4. The number of rotatable bonds is 5. The van der Waals surface area contributed by atoms with Gasteiger partial charge in [0.1, 0.15) is 16.9 Å². The number of ether oxygens (including phenoxy) is 3. The maximum absolute atomic E-state index is 13.4. The van der Waals surface area contributed by atoms with Gasteiger partial charge in [-0.2, -0.15) is 13.2 Å². The molecule has 2 aromatic carbocycles. The normalized spacial score (nSPS) is 14.4. The van der Waals surface area contributed by atoms with Crippen molar-refractivity contribution < 1.29 is 32.2 Å². The van der Waals surface area contributed by atoms with Gasteiger partial charge in [-0.1, -0.05) is 24.3 Å². The van der Waals surface area contributed by atoms with Crippen molar-refractivity contribution >= 4 is 22.6 Å². The van der Waals surface area contributed by atoms with Crippen molar-refractivity contribution in [3.05, 3.63) is 59.2 Å². The van der Waals surface area contributed by atoms with Gasteiger partial charge in [-0.15, -0.1) is 10.2 Å². The predicted molar refractivity (Wildman–Crippen MR) is 138 cm³/mol. The predicted octanol–water partition coefficient (Wildman–Crippen LogP) is 6.63. The average Bonchev–Trinajstić information content (AvgIpc) is 2.85. The SMILES string of the molecule is COCOc1cc(C(F)(F)F)cc(C)c1-c1cc2cccc(C3=CCCN(C(=O)OC(C)(C)C)C3)c2nn1. The van der Waals surface area contributed by atoms with Crippen LogP contribution in [-0.2, 0) is 15.7 Å². The minimum Gasteiger partial charge on any atom is -0.467 e. The van der Waals surface area contributed by atoms with Crippen molar-refractivity contribution in [1.29, 1.82) is 0 Å². The molecule has 0 saturated carbocycles. The fraction of sp³-hybridized carbons (Fsp3) is 0.393. The number of halogens is 3. The molecule has 1 aliphatic rings. The number of alkyl halides is 3. The number of hydrogen-bond acceptors (Lipinski definition) is 6. The van der Waals surface area contributed by atoms with Gasteiger partial charge >= 0.3 is 12.3 Å². The quantitative estimate of drug-likeness (QED) is 0.346. The Kier molecular flexibility index (Phi) is 7.64. The number of amides is 1. The molecule has 0 bridgehead atoms. The summed E-state index contributed by atoms with van der Waals surface area (Å²) in [5, 5.41) is 9.58. The molecule has 1 aromatic heterocycles. The van der Waals surface area contributed by atoms with Gasteiger partial charge in [-0.3, -0.25) is 0 Å². The third-order valence-corrected chi connectivity index (χ3v) is 5.98. The Balaban J connectivity index is 1.71. The number of aromatic nitrogens is 2. The summed E-state index contributed by atoms with van der Waals surface area (Å²) in [4.78, 5) is 14.3. The number of carbonyl (C=O) groups is 1. The molecule has 0 N–H and O–H groups in total. The van der Waals surface area contributed by atoms with Gasteiger partial charge in [-0.05, 0) is 63.5 Å². The van der Waals surface area contributed by atoms with E-state index in [4.69, 9.17) is 14.2 Å². The zero-order chi connectivity index (χ0) is 27.7. The third-order valence-electron chi connectivity index (χ3n) is 5.98. The first kappa shape index (κ1) is 27.4. The van der Waals surface area contributed by atoms with Gasteiger partial charge in [0.15, 0.2) is 6.79 Å². The summed E-state index contributed by atoms with van der Waals surface area (Å²) in [6, 6.07) is 9.43. The Morgan fingerprint density at radius 3 is 2.55 bits per heavy atom. The van der Waals surface area contributed by atoms with Crippen LogP contribution in [0, 0.1) is 6.92 Å². The molecule has 0 radical (unpaired) electrons. The standard InChI is InChI=1S/C28H30F3N3O4/c1-17-12-20(28(29,30)31)14-23(37-16-36-5)24(17)22-13-18-8-6-10-21(25(18)33-32-22)19-9-7-11-34(15-19)26(35)38-27(2,3)4/h6,8-10,12-14H,7,11,15-16H2,1-5H3. The van der Waals surface area contributed by atoms with Crippen molar-refractivity contribution in [3.63, 3.8) is 0 Å². The smallest absolute Gasteiger partial charge is 0.416 e. The Morgan fingerprint density at radius 1 is 1.11 bits per heavy atom. The van der Waals surface area contributed by atoms with Gasteiger partial charge in [0.05, 0.1) is 11.3 Å². The van der Waals surface area contributed by atoms with Crippen LogP contribution >= 0.6 is 0 Å². The molecule has 4 rings (SSSR count). The Labute approximate surface area is 219 Å². The summed E-state index contributed by atoms with van der Waals surface area (Å²) in [6.45, 7) is 7.75. The van der Waals surface area contributed by atoms with Crippen LogP contribution in [0.2, 0.25) is 0 Å². The van der Waals surface area contributed by atoms with Crippen molar-refractivity contribution in [1.82, 2.24) is 15.1 Å². The van der Waals surface area contributed by atoms with E-state index in [1.807, 2.05) is 39.0 Å². The van der Waals surface area contributed by atoms with Crippen LogP contribution in [0.15, 0.2) is 42.5 Å². The third kappa shape index (κ3) is 6.07. The summed E-state index contributed by atoms with van der Waals surface area (Å²) in [5.41, 5.74) is 2.08. The van der Waals surface area contributed by atoms with Crippen LogP contribution in [-0.4, -0.2) is 53.8 Å². The zero-order valence-corrected chi connectivity index (χ0v) is 22.0. The van der Waals surface area contributed by atoms with E-state index in [-0.39, 0.29) is 18.6 Å². The van der Waals surface area contributed by atoms with E-state index in [9.17, 15) is 18.0 Å². The van der Waals surface area contributed by atoms with E-state index in [0.29, 0.717) is 41.8 Å². The number of fused-ring (bicyclic) bond motifs is 1. The second kappa shape index (κ2) is 10.6. The van der Waals surface area contributed by atoms with Crippen molar-refractivity contribution in [2.75, 3.05) is 27.0 Å². The number of aryl methyl sites for hydroxylation is 1. The lowest BCUT2D eigenvalue weighted by Crippen LogP contribution is -2.39. The lowest BCUT2D eigenvalue weighted by Gasteiger charge is -2.30. The lowest BCUT2D eigenvalue weighted by molar-refractivity contribution is -0.137. The number of nitrogens with zero attached hydrogens (tertiary/aromatic N) is 3. The van der Waals surface area contributed by atoms with Crippen molar-refractivity contribution in [2.45, 2.75) is 45.9 Å². The van der Waals surface area contributed by atoms with E-state index < -0.39 is 17.3 Å². The van der Waals surface area contributed by atoms with Crippen LogP contribution < -0.4 is 4.74 Å². The molecular weight excluding hydrogens is 499 g/mol. The highest BCUT2D eigenvalue weighted by molar-refractivity contribution is 5.93. The fourth-order valence-electron chi connectivity index (χ4n) is 4.36. The van der Waals surface area contributed by atoms with Crippen LogP contribution in [0.4, 0.5) is 18.0 Å². The molecule has 0 fully saturated rings. The first-order chi connectivity index (χ1) is 17.9. The molecule has 1 aliphatic heterocycles. The van der Waals surface area contributed by atoms with Gasteiger partial charge in [0, 0.05) is 36.7 Å². The zero-order valence-electron chi connectivity index (χ0n) is 22.0.